The minimum atomic E-state index is -3.80. The molecule has 1 aromatic rings. The summed E-state index contributed by atoms with van der Waals surface area (Å²) in [6, 6.07) is 4.94. The van der Waals surface area contributed by atoms with Crippen LogP contribution in [0.25, 0.3) is 0 Å². The summed E-state index contributed by atoms with van der Waals surface area (Å²) in [6.45, 7) is 3.20. The van der Waals surface area contributed by atoms with Crippen molar-refractivity contribution >= 4 is 22.0 Å². The predicted octanol–water partition coefficient (Wildman–Crippen LogP) is 1.46. The SMILES string of the molecule is COc1ccc(OC)c(S(=O)(=O)N2CCN(C(=O)N3C[C@H]4C[C@H](C3)[C@H]3CCCC(=O)N3C4)CC2)c1. The topological polar surface area (TPSA) is 99.7 Å². The van der Waals surface area contributed by atoms with Crippen molar-refractivity contribution in [1.82, 2.24) is 19.0 Å². The van der Waals surface area contributed by atoms with Crippen LogP contribution in [-0.4, -0.2) is 105 Å². The van der Waals surface area contributed by atoms with Gasteiger partial charge in [0.25, 0.3) is 0 Å². The van der Waals surface area contributed by atoms with E-state index in [0.717, 1.165) is 25.8 Å². The lowest BCUT2D eigenvalue weighted by Gasteiger charge is -2.53. The van der Waals surface area contributed by atoms with Crippen LogP contribution in [0.2, 0.25) is 0 Å². The highest BCUT2D eigenvalue weighted by atomic mass is 32.2. The maximum Gasteiger partial charge on any atom is 0.320 e. The van der Waals surface area contributed by atoms with Gasteiger partial charge in [0.05, 0.1) is 14.2 Å². The van der Waals surface area contributed by atoms with E-state index in [1.54, 1.807) is 17.0 Å². The molecule has 2 bridgehead atoms. The molecule has 4 fully saturated rings. The van der Waals surface area contributed by atoms with Crippen LogP contribution in [0.4, 0.5) is 4.79 Å². The van der Waals surface area contributed by atoms with Crippen LogP contribution in [0.5, 0.6) is 11.5 Å². The molecule has 0 aromatic heterocycles. The third kappa shape index (κ3) is 4.44. The number of carbonyl (C=O) groups is 2. The number of sulfonamides is 1. The number of piperidine rings is 3. The maximum atomic E-state index is 13.4. The molecule has 0 aliphatic carbocycles. The first-order chi connectivity index (χ1) is 16.8. The third-order valence-corrected chi connectivity index (χ3v) is 9.87. The Labute approximate surface area is 206 Å². The maximum absolute atomic E-state index is 13.4. The minimum absolute atomic E-state index is 0.0219. The Morgan fingerprint density at radius 2 is 1.77 bits per heavy atom. The van der Waals surface area contributed by atoms with Gasteiger partial charge >= 0.3 is 6.03 Å². The standard InChI is InChI=1S/C24H34N4O6S/c1-33-19-6-7-21(34-2)22(13-19)35(31,32)27-10-8-25(9-11-27)24(30)26-14-17-12-18(16-26)20-4-3-5-23(29)28(20)15-17/h6-7,13,17-18,20H,3-5,8-12,14-16H2,1-2H3/t17-,18-,20-/m1/s1. The molecule has 0 spiro atoms. The van der Waals surface area contributed by atoms with E-state index in [0.29, 0.717) is 50.2 Å². The number of methoxy groups -OCH3 is 2. The lowest BCUT2D eigenvalue weighted by molar-refractivity contribution is -0.144. The second-order valence-corrected chi connectivity index (χ2v) is 11.9. The van der Waals surface area contributed by atoms with Gasteiger partial charge in [-0.25, -0.2) is 13.2 Å². The third-order valence-electron chi connectivity index (χ3n) is 7.95. The number of piperazine rings is 1. The van der Waals surface area contributed by atoms with Gasteiger partial charge < -0.3 is 24.2 Å². The van der Waals surface area contributed by atoms with Crippen molar-refractivity contribution in [3.63, 3.8) is 0 Å². The highest BCUT2D eigenvalue weighted by Gasteiger charge is 2.45. The molecular weight excluding hydrogens is 472 g/mol. The Hall–Kier alpha value is -2.53. The van der Waals surface area contributed by atoms with Gasteiger partial charge in [0.2, 0.25) is 15.9 Å². The number of likely N-dealkylation sites (tertiary alicyclic amines) is 1. The summed E-state index contributed by atoms with van der Waals surface area (Å²) in [7, 11) is -0.878. The smallest absolute Gasteiger partial charge is 0.320 e. The van der Waals surface area contributed by atoms with E-state index in [9.17, 15) is 18.0 Å². The zero-order valence-electron chi connectivity index (χ0n) is 20.4. The van der Waals surface area contributed by atoms with Gasteiger partial charge in [-0.2, -0.15) is 4.31 Å². The van der Waals surface area contributed by atoms with Gasteiger partial charge in [-0.15, -0.1) is 0 Å². The molecule has 4 heterocycles. The quantitative estimate of drug-likeness (QED) is 0.613. The van der Waals surface area contributed by atoms with Crippen LogP contribution in [-0.2, 0) is 14.8 Å². The number of hydrogen-bond acceptors (Lipinski definition) is 6. The van der Waals surface area contributed by atoms with E-state index >= 15 is 0 Å². The Morgan fingerprint density at radius 3 is 2.49 bits per heavy atom. The van der Waals surface area contributed by atoms with E-state index in [1.165, 1.54) is 24.6 Å². The van der Waals surface area contributed by atoms with Crippen molar-refractivity contribution in [2.24, 2.45) is 11.8 Å². The summed E-state index contributed by atoms with van der Waals surface area (Å²) < 4.78 is 38.6. The molecule has 35 heavy (non-hydrogen) atoms. The lowest BCUT2D eigenvalue weighted by Crippen LogP contribution is -2.63. The lowest BCUT2D eigenvalue weighted by atomic mass is 9.76. The van der Waals surface area contributed by atoms with Crippen molar-refractivity contribution in [3.8, 4) is 11.5 Å². The first kappa shape index (κ1) is 24.2. The average molecular weight is 507 g/mol. The highest BCUT2D eigenvalue weighted by molar-refractivity contribution is 7.89. The molecule has 5 rings (SSSR count). The summed E-state index contributed by atoms with van der Waals surface area (Å²) in [6.07, 6.45) is 3.68. The second kappa shape index (κ2) is 9.50. The normalized spacial score (nSPS) is 27.4. The van der Waals surface area contributed by atoms with E-state index in [-0.39, 0.29) is 41.7 Å². The second-order valence-electron chi connectivity index (χ2n) is 9.96. The van der Waals surface area contributed by atoms with Crippen molar-refractivity contribution in [2.45, 2.75) is 36.6 Å². The van der Waals surface area contributed by atoms with Crippen molar-refractivity contribution in [3.05, 3.63) is 18.2 Å². The summed E-state index contributed by atoms with van der Waals surface area (Å²) in [4.78, 5) is 31.6. The summed E-state index contributed by atoms with van der Waals surface area (Å²) in [5.74, 6) is 1.61. The molecule has 0 radical (unpaired) electrons. The van der Waals surface area contributed by atoms with Crippen LogP contribution < -0.4 is 9.47 Å². The first-order valence-electron chi connectivity index (χ1n) is 12.4. The molecule has 3 atom stereocenters. The van der Waals surface area contributed by atoms with Crippen LogP contribution in [0.3, 0.4) is 0 Å². The van der Waals surface area contributed by atoms with Crippen LogP contribution in [0, 0.1) is 11.8 Å². The number of benzene rings is 1. The molecule has 0 N–H and O–H groups in total. The minimum Gasteiger partial charge on any atom is -0.497 e. The Kier molecular flexibility index (Phi) is 6.56. The Morgan fingerprint density at radius 1 is 1.00 bits per heavy atom. The van der Waals surface area contributed by atoms with Gasteiger partial charge in [-0.3, -0.25) is 4.79 Å². The zero-order chi connectivity index (χ0) is 24.7. The number of hydrogen-bond donors (Lipinski definition) is 0. The number of ether oxygens (including phenoxy) is 2. The Bertz CT molecular complexity index is 1090. The first-order valence-corrected chi connectivity index (χ1v) is 13.8. The monoisotopic (exact) mass is 506 g/mol. The highest BCUT2D eigenvalue weighted by Crippen LogP contribution is 2.38. The number of urea groups is 1. The fourth-order valence-electron chi connectivity index (χ4n) is 6.21. The molecule has 0 saturated carbocycles. The fraction of sp³-hybridized carbons (Fsp3) is 0.667. The number of fused-ring (bicyclic) bond motifs is 4. The molecule has 1 aromatic carbocycles. The molecule has 192 valence electrons. The average Bonchev–Trinajstić information content (AvgIpc) is 2.88. The summed E-state index contributed by atoms with van der Waals surface area (Å²) in [5.41, 5.74) is 0. The molecular formula is C24H34N4O6S. The summed E-state index contributed by atoms with van der Waals surface area (Å²) >= 11 is 0. The van der Waals surface area contributed by atoms with E-state index in [1.807, 2.05) is 4.90 Å². The largest absolute Gasteiger partial charge is 0.497 e. The van der Waals surface area contributed by atoms with Crippen molar-refractivity contribution < 1.29 is 27.5 Å². The van der Waals surface area contributed by atoms with E-state index in [4.69, 9.17) is 9.47 Å². The van der Waals surface area contributed by atoms with Crippen LogP contribution in [0.1, 0.15) is 25.7 Å². The van der Waals surface area contributed by atoms with Crippen LogP contribution >= 0.6 is 0 Å². The molecule has 4 aliphatic rings. The molecule has 0 unspecified atom stereocenters. The Balaban J connectivity index is 1.23. The van der Waals surface area contributed by atoms with Gasteiger partial charge in [0.1, 0.15) is 16.4 Å². The number of nitrogens with zero attached hydrogens (tertiary/aromatic N) is 4. The van der Waals surface area contributed by atoms with E-state index in [2.05, 4.69) is 4.90 Å². The molecule has 11 heteroatoms. The van der Waals surface area contributed by atoms with Gasteiger partial charge in [0, 0.05) is 64.3 Å². The molecule has 10 nitrogen and oxygen atoms in total. The number of carbonyl (C=O) groups excluding carboxylic acids is 2. The van der Waals surface area contributed by atoms with Crippen molar-refractivity contribution in [1.29, 1.82) is 0 Å². The van der Waals surface area contributed by atoms with Gasteiger partial charge in [-0.05, 0) is 43.2 Å². The number of amides is 3. The van der Waals surface area contributed by atoms with Crippen molar-refractivity contribution in [2.75, 3.05) is 60.0 Å². The molecule has 3 amide bonds. The molecule has 4 saturated heterocycles. The van der Waals surface area contributed by atoms with Crippen LogP contribution in [0.15, 0.2) is 23.1 Å². The number of rotatable bonds is 4. The predicted molar refractivity (Wildman–Crippen MR) is 128 cm³/mol. The van der Waals surface area contributed by atoms with E-state index < -0.39 is 10.0 Å². The fourth-order valence-corrected chi connectivity index (χ4v) is 7.80. The summed E-state index contributed by atoms with van der Waals surface area (Å²) in [5, 5.41) is 0. The van der Waals surface area contributed by atoms with Gasteiger partial charge in [-0.1, -0.05) is 0 Å². The zero-order valence-corrected chi connectivity index (χ0v) is 21.2. The van der Waals surface area contributed by atoms with Gasteiger partial charge in [0.15, 0.2) is 0 Å². The molecule has 4 aliphatic heterocycles.